The maximum Gasteiger partial charge on any atom is 0.341 e. The number of carboxylic acid groups (broad SMARTS) is 1. The lowest BCUT2D eigenvalue weighted by atomic mass is 9.73. The number of unbranched alkanes of at least 4 members (excludes halogenated alkanes) is 2. The number of hydrogen-bond donors (Lipinski definition) is 1. The van der Waals surface area contributed by atoms with Gasteiger partial charge in [-0.1, -0.05) is 79.9 Å². The zero-order chi connectivity index (χ0) is 31.5. The van der Waals surface area contributed by atoms with E-state index in [1.807, 2.05) is 12.1 Å². The molecule has 1 saturated carbocycles. The molecule has 7 heteroatoms. The Morgan fingerprint density at radius 2 is 1.64 bits per heavy atom. The largest absolute Gasteiger partial charge is 0.482 e. The lowest BCUT2D eigenvalue weighted by Crippen LogP contribution is -2.46. The van der Waals surface area contributed by atoms with Crippen LogP contribution in [0.15, 0.2) is 18.2 Å². The molecule has 0 heterocycles. The Morgan fingerprint density at radius 3 is 2.24 bits per heavy atom. The molecule has 42 heavy (non-hydrogen) atoms. The predicted octanol–water partition coefficient (Wildman–Crippen LogP) is 9.64. The third-order valence-electron chi connectivity index (χ3n) is 11.1. The van der Waals surface area contributed by atoms with E-state index in [1.54, 1.807) is 0 Å². The molecule has 1 fully saturated rings. The molecule has 2 aliphatic rings. The van der Waals surface area contributed by atoms with Crippen molar-refractivity contribution in [2.75, 3.05) is 6.61 Å². The molecule has 1 aromatic carbocycles. The monoisotopic (exact) mass is 618 g/mol. The van der Waals surface area contributed by atoms with Gasteiger partial charge in [0.1, 0.15) is 5.75 Å². The Bertz CT molecular complexity index is 1040. The van der Waals surface area contributed by atoms with Crippen molar-refractivity contribution in [2.45, 2.75) is 155 Å². The molecule has 0 saturated heterocycles. The highest BCUT2D eigenvalue weighted by atomic mass is 28.4. The highest BCUT2D eigenvalue weighted by molar-refractivity contribution is 6.74. The maximum atomic E-state index is 11.2. The molecule has 3 rings (SSSR count). The van der Waals surface area contributed by atoms with Crippen LogP contribution in [0.5, 0.6) is 5.75 Å². The fourth-order valence-corrected chi connectivity index (χ4v) is 9.40. The van der Waals surface area contributed by atoms with Crippen LogP contribution in [0.1, 0.15) is 105 Å². The topological polar surface area (TPSA) is 65.0 Å². The number of carbonyl (C=O) groups is 1. The van der Waals surface area contributed by atoms with Crippen LogP contribution in [0.3, 0.4) is 0 Å². The Kier molecular flexibility index (Phi) is 11.7. The van der Waals surface area contributed by atoms with Crippen molar-refractivity contribution in [3.63, 3.8) is 0 Å². The van der Waals surface area contributed by atoms with Gasteiger partial charge in [0, 0.05) is 12.2 Å². The fourth-order valence-electron chi connectivity index (χ4n) is 6.60. The number of rotatable bonds is 14. The molecule has 5 nitrogen and oxygen atoms in total. The van der Waals surface area contributed by atoms with Gasteiger partial charge in [-0.05, 0) is 110 Å². The zero-order valence-electron chi connectivity index (χ0n) is 28.8. The first-order valence-electron chi connectivity index (χ1n) is 16.7. The summed E-state index contributed by atoms with van der Waals surface area (Å²) in [7, 11) is -3.82. The van der Waals surface area contributed by atoms with Crippen LogP contribution in [0.2, 0.25) is 36.3 Å². The standard InChI is InChI=1S/C35H62O5Si2/c1-12-13-14-17-27(39-41(8,9)34(2,3)4)19-20-28-29-21-25-16-15-18-31(38-24-33(36)37)30(25)22-26(29)23-32(28)40-42(10,11)35(5,6)7/h15-16,18,26-29,32H,12-14,17,19-24H2,1-11H3,(H,36,37)/t26-,27?,28?,29-,32?/m0/s1. The number of benzene rings is 1. The van der Waals surface area contributed by atoms with Crippen molar-refractivity contribution in [3.05, 3.63) is 29.3 Å². The highest BCUT2D eigenvalue weighted by Crippen LogP contribution is 2.52. The maximum absolute atomic E-state index is 11.2. The van der Waals surface area contributed by atoms with E-state index in [1.165, 1.54) is 30.4 Å². The molecule has 5 atom stereocenters. The summed E-state index contributed by atoms with van der Waals surface area (Å²) in [4.78, 5) is 11.2. The van der Waals surface area contributed by atoms with Gasteiger partial charge in [-0.2, -0.15) is 0 Å². The summed E-state index contributed by atoms with van der Waals surface area (Å²) in [5.41, 5.74) is 2.54. The van der Waals surface area contributed by atoms with E-state index in [2.05, 4.69) is 80.7 Å². The van der Waals surface area contributed by atoms with Crippen molar-refractivity contribution in [1.29, 1.82) is 0 Å². The summed E-state index contributed by atoms with van der Waals surface area (Å²) in [6.45, 7) is 25.6. The van der Waals surface area contributed by atoms with E-state index < -0.39 is 22.6 Å². The van der Waals surface area contributed by atoms with Gasteiger partial charge in [0.2, 0.25) is 0 Å². The highest BCUT2D eigenvalue weighted by Gasteiger charge is 2.50. The number of hydrogen-bond acceptors (Lipinski definition) is 4. The molecule has 0 aliphatic heterocycles. The van der Waals surface area contributed by atoms with Crippen LogP contribution in [-0.2, 0) is 26.5 Å². The van der Waals surface area contributed by atoms with Crippen molar-refractivity contribution in [1.82, 2.24) is 0 Å². The minimum absolute atomic E-state index is 0.167. The minimum Gasteiger partial charge on any atom is -0.482 e. The lowest BCUT2D eigenvalue weighted by molar-refractivity contribution is -0.139. The van der Waals surface area contributed by atoms with Gasteiger partial charge in [0.05, 0.1) is 0 Å². The first-order chi connectivity index (χ1) is 19.4. The third kappa shape index (κ3) is 8.73. The molecule has 0 radical (unpaired) electrons. The van der Waals surface area contributed by atoms with Crippen molar-refractivity contribution >= 4 is 22.6 Å². The molecule has 2 aliphatic carbocycles. The average molecular weight is 619 g/mol. The molecule has 0 aromatic heterocycles. The van der Waals surface area contributed by atoms with Crippen LogP contribution in [0.4, 0.5) is 0 Å². The zero-order valence-corrected chi connectivity index (χ0v) is 30.8. The Morgan fingerprint density at radius 1 is 0.976 bits per heavy atom. The summed E-state index contributed by atoms with van der Waals surface area (Å²) in [5, 5.41) is 9.58. The van der Waals surface area contributed by atoms with Gasteiger partial charge in [-0.3, -0.25) is 0 Å². The van der Waals surface area contributed by atoms with Crippen LogP contribution in [0, 0.1) is 17.8 Å². The van der Waals surface area contributed by atoms with E-state index in [9.17, 15) is 9.90 Å². The molecule has 0 amide bonds. The minimum atomic E-state index is -1.95. The van der Waals surface area contributed by atoms with Gasteiger partial charge in [-0.25, -0.2) is 4.79 Å². The van der Waals surface area contributed by atoms with E-state index in [0.717, 1.165) is 44.3 Å². The van der Waals surface area contributed by atoms with Gasteiger partial charge >= 0.3 is 5.97 Å². The Hall–Kier alpha value is -1.16. The van der Waals surface area contributed by atoms with E-state index in [-0.39, 0.29) is 22.8 Å². The summed E-state index contributed by atoms with van der Waals surface area (Å²) in [6.07, 6.45) is 10.8. The fraction of sp³-hybridized carbons (Fsp3) is 0.800. The lowest BCUT2D eigenvalue weighted by Gasteiger charge is -2.42. The first kappa shape index (κ1) is 35.3. The van der Waals surface area contributed by atoms with Crippen LogP contribution in [-0.4, -0.2) is 46.5 Å². The molecule has 0 spiro atoms. The first-order valence-corrected chi connectivity index (χ1v) is 22.5. The Balaban J connectivity index is 1.87. The second kappa shape index (κ2) is 13.9. The van der Waals surface area contributed by atoms with E-state index in [0.29, 0.717) is 23.9 Å². The van der Waals surface area contributed by atoms with E-state index >= 15 is 0 Å². The number of aliphatic carboxylic acids is 1. The summed E-state index contributed by atoms with van der Waals surface area (Å²) < 4.78 is 20.1. The summed E-state index contributed by atoms with van der Waals surface area (Å²) in [5.74, 6) is 1.44. The summed E-state index contributed by atoms with van der Waals surface area (Å²) in [6, 6.07) is 6.20. The summed E-state index contributed by atoms with van der Waals surface area (Å²) >= 11 is 0. The van der Waals surface area contributed by atoms with E-state index in [4.69, 9.17) is 13.6 Å². The second-order valence-corrected chi connectivity index (χ2v) is 25.8. The molecular formula is C35H62O5Si2. The van der Waals surface area contributed by atoms with Crippen LogP contribution < -0.4 is 4.74 Å². The number of ether oxygens (including phenoxy) is 1. The van der Waals surface area contributed by atoms with Gasteiger partial charge in [0.25, 0.3) is 0 Å². The van der Waals surface area contributed by atoms with Crippen LogP contribution >= 0.6 is 0 Å². The second-order valence-electron chi connectivity index (χ2n) is 16.3. The average Bonchev–Trinajstić information content (AvgIpc) is 3.18. The van der Waals surface area contributed by atoms with Crippen molar-refractivity contribution in [2.24, 2.45) is 17.8 Å². The quantitative estimate of drug-likeness (QED) is 0.166. The van der Waals surface area contributed by atoms with Crippen molar-refractivity contribution < 1.29 is 23.5 Å². The Labute approximate surface area is 259 Å². The van der Waals surface area contributed by atoms with Gasteiger partial charge in [0.15, 0.2) is 23.2 Å². The molecule has 240 valence electrons. The third-order valence-corrected chi connectivity index (χ3v) is 20.2. The molecule has 1 N–H and O–H groups in total. The smallest absolute Gasteiger partial charge is 0.341 e. The normalized spacial score (nSPS) is 23.8. The van der Waals surface area contributed by atoms with Crippen LogP contribution in [0.25, 0.3) is 0 Å². The SMILES string of the molecule is CCCCCC(CCC1C(O[Si](C)(C)C(C)(C)C)C[C@@H]2Cc3c(cccc3OCC(=O)O)C[C@H]12)O[Si](C)(C)C(C)(C)C. The molecular weight excluding hydrogens is 557 g/mol. The van der Waals surface area contributed by atoms with Crippen molar-refractivity contribution in [3.8, 4) is 5.75 Å². The molecule has 1 aromatic rings. The molecule has 3 unspecified atom stereocenters. The number of fused-ring (bicyclic) bond motifs is 2. The number of carboxylic acids is 1. The predicted molar refractivity (Wildman–Crippen MR) is 180 cm³/mol. The van der Waals surface area contributed by atoms with Gasteiger partial charge in [-0.15, -0.1) is 0 Å². The van der Waals surface area contributed by atoms with Gasteiger partial charge < -0.3 is 18.7 Å². The molecule has 0 bridgehead atoms.